The van der Waals surface area contributed by atoms with Crippen LogP contribution in [-0.2, 0) is 6.18 Å². The molecule has 0 aliphatic carbocycles. The van der Waals surface area contributed by atoms with Gasteiger partial charge in [0, 0.05) is 23.4 Å². The number of anilines is 1. The van der Waals surface area contributed by atoms with Crippen LogP contribution >= 0.6 is 0 Å². The van der Waals surface area contributed by atoms with Crippen molar-refractivity contribution in [3.8, 4) is 0 Å². The van der Waals surface area contributed by atoms with Gasteiger partial charge in [-0.2, -0.15) is 13.2 Å². The van der Waals surface area contributed by atoms with Crippen LogP contribution in [-0.4, -0.2) is 18.4 Å². The quantitative estimate of drug-likeness (QED) is 0.806. The summed E-state index contributed by atoms with van der Waals surface area (Å²) < 4.78 is 38.0. The highest BCUT2D eigenvalue weighted by Crippen LogP contribution is 2.30. The topological polar surface area (TPSA) is 58.2 Å². The maximum atomic E-state index is 12.7. The summed E-state index contributed by atoms with van der Waals surface area (Å²) >= 11 is 0. The zero-order valence-corrected chi connectivity index (χ0v) is 13.1. The average Bonchev–Trinajstić information content (AvgIpc) is 2.59. The Bertz CT molecular complexity index is 784. The second kappa shape index (κ2) is 7.65. The Morgan fingerprint density at radius 1 is 1.00 bits per heavy atom. The van der Waals surface area contributed by atoms with Crippen LogP contribution in [0.2, 0.25) is 0 Å². The fraction of sp³-hybridized carbons (Fsp3) is 0.111. The predicted octanol–water partition coefficient (Wildman–Crippen LogP) is 3.87. The van der Waals surface area contributed by atoms with E-state index in [9.17, 15) is 22.8 Å². The van der Waals surface area contributed by atoms with Gasteiger partial charge in [-0.05, 0) is 42.5 Å². The molecule has 2 rings (SSSR count). The predicted molar refractivity (Wildman–Crippen MR) is 88.4 cm³/mol. The highest BCUT2D eigenvalue weighted by Gasteiger charge is 2.30. The van der Waals surface area contributed by atoms with Crippen LogP contribution in [0.1, 0.15) is 26.3 Å². The van der Waals surface area contributed by atoms with Crippen molar-refractivity contribution in [2.24, 2.45) is 0 Å². The van der Waals surface area contributed by atoms with Crippen molar-refractivity contribution < 1.29 is 22.8 Å². The van der Waals surface area contributed by atoms with E-state index in [1.54, 1.807) is 0 Å². The number of benzene rings is 2. The van der Waals surface area contributed by atoms with Crippen molar-refractivity contribution >= 4 is 17.5 Å². The summed E-state index contributed by atoms with van der Waals surface area (Å²) in [6, 6.07) is 10.1. The van der Waals surface area contributed by atoms with Gasteiger partial charge >= 0.3 is 6.18 Å². The molecule has 0 fully saturated rings. The van der Waals surface area contributed by atoms with Crippen LogP contribution in [0.5, 0.6) is 0 Å². The third-order valence-corrected chi connectivity index (χ3v) is 3.26. The van der Waals surface area contributed by atoms with E-state index in [0.29, 0.717) is 12.1 Å². The van der Waals surface area contributed by atoms with Crippen molar-refractivity contribution in [1.82, 2.24) is 5.32 Å². The van der Waals surface area contributed by atoms with Gasteiger partial charge in [-0.3, -0.25) is 9.59 Å². The van der Waals surface area contributed by atoms with E-state index in [2.05, 4.69) is 17.2 Å². The van der Waals surface area contributed by atoms with Gasteiger partial charge in [0.1, 0.15) is 0 Å². The van der Waals surface area contributed by atoms with Crippen LogP contribution in [0.25, 0.3) is 0 Å². The molecule has 4 nitrogen and oxygen atoms in total. The summed E-state index contributed by atoms with van der Waals surface area (Å²) in [6.45, 7) is 3.80. The maximum Gasteiger partial charge on any atom is 0.416 e. The number of nitrogens with one attached hydrogen (secondary N) is 2. The van der Waals surface area contributed by atoms with Gasteiger partial charge in [-0.25, -0.2) is 0 Å². The van der Waals surface area contributed by atoms with E-state index < -0.39 is 17.6 Å². The average molecular weight is 348 g/mol. The minimum atomic E-state index is -4.48. The lowest BCUT2D eigenvalue weighted by Crippen LogP contribution is -2.23. The smallest absolute Gasteiger partial charge is 0.349 e. The molecule has 0 aromatic heterocycles. The van der Waals surface area contributed by atoms with Crippen LogP contribution in [0.15, 0.2) is 61.2 Å². The molecule has 0 unspecified atom stereocenters. The molecule has 0 heterocycles. The van der Waals surface area contributed by atoms with Crippen molar-refractivity contribution in [3.63, 3.8) is 0 Å². The molecule has 2 aromatic rings. The lowest BCUT2D eigenvalue weighted by atomic mass is 10.1. The molecule has 0 bridgehead atoms. The van der Waals surface area contributed by atoms with E-state index in [1.165, 1.54) is 42.5 Å². The van der Waals surface area contributed by atoms with Crippen LogP contribution in [0, 0.1) is 0 Å². The first-order chi connectivity index (χ1) is 11.8. The molecular weight excluding hydrogens is 333 g/mol. The summed E-state index contributed by atoms with van der Waals surface area (Å²) in [6.07, 6.45) is -2.95. The molecule has 0 saturated heterocycles. The summed E-state index contributed by atoms with van der Waals surface area (Å²) in [5.41, 5.74) is -0.234. The summed E-state index contributed by atoms with van der Waals surface area (Å²) in [7, 11) is 0. The Morgan fingerprint density at radius 3 is 2.16 bits per heavy atom. The lowest BCUT2D eigenvalue weighted by molar-refractivity contribution is -0.137. The molecular formula is C18H15F3N2O2. The molecule has 0 saturated carbocycles. The normalized spacial score (nSPS) is 10.8. The van der Waals surface area contributed by atoms with Crippen LogP contribution in [0.4, 0.5) is 18.9 Å². The minimum absolute atomic E-state index is 0.0348. The first-order valence-corrected chi connectivity index (χ1v) is 7.29. The van der Waals surface area contributed by atoms with Gasteiger partial charge in [0.15, 0.2) is 0 Å². The fourth-order valence-electron chi connectivity index (χ4n) is 2.02. The molecule has 0 spiro atoms. The SMILES string of the molecule is C=CCNC(=O)c1ccc(C(=O)Nc2cccc(C(F)(F)F)c2)cc1. The van der Waals surface area contributed by atoms with Gasteiger partial charge in [-0.1, -0.05) is 12.1 Å². The molecule has 25 heavy (non-hydrogen) atoms. The van der Waals surface area contributed by atoms with Gasteiger partial charge < -0.3 is 10.6 Å². The third-order valence-electron chi connectivity index (χ3n) is 3.26. The first-order valence-electron chi connectivity index (χ1n) is 7.29. The number of halogens is 3. The number of hydrogen-bond donors (Lipinski definition) is 2. The highest BCUT2D eigenvalue weighted by atomic mass is 19.4. The molecule has 130 valence electrons. The van der Waals surface area contributed by atoms with E-state index >= 15 is 0 Å². The third kappa shape index (κ3) is 4.94. The second-order valence-electron chi connectivity index (χ2n) is 5.11. The summed E-state index contributed by atoms with van der Waals surface area (Å²) in [5.74, 6) is -0.887. The first kappa shape index (κ1) is 18.3. The Labute approximate surface area is 142 Å². The Balaban J connectivity index is 2.09. The highest BCUT2D eigenvalue weighted by molar-refractivity contribution is 6.05. The number of alkyl halides is 3. The van der Waals surface area contributed by atoms with E-state index in [-0.39, 0.29) is 17.2 Å². The Morgan fingerprint density at radius 2 is 1.60 bits per heavy atom. The number of carbonyl (C=O) groups is 2. The Hall–Kier alpha value is -3.09. The van der Waals surface area contributed by atoms with Gasteiger partial charge in [-0.15, -0.1) is 6.58 Å². The lowest BCUT2D eigenvalue weighted by Gasteiger charge is -2.10. The summed E-state index contributed by atoms with van der Waals surface area (Å²) in [4.78, 5) is 23.9. The molecule has 0 aliphatic heterocycles. The molecule has 0 atom stereocenters. The Kier molecular flexibility index (Phi) is 5.59. The standard InChI is InChI=1S/C18H15F3N2O2/c1-2-10-22-16(24)12-6-8-13(9-7-12)17(25)23-15-5-3-4-14(11-15)18(19,20)21/h2-9,11H,1,10H2,(H,22,24)(H,23,25). The van der Waals surface area contributed by atoms with E-state index in [1.807, 2.05) is 0 Å². The van der Waals surface area contributed by atoms with Crippen LogP contribution in [0.3, 0.4) is 0 Å². The molecule has 0 aliphatic rings. The molecule has 2 aromatic carbocycles. The van der Waals surface area contributed by atoms with E-state index in [0.717, 1.165) is 12.1 Å². The minimum Gasteiger partial charge on any atom is -0.349 e. The van der Waals surface area contributed by atoms with Crippen molar-refractivity contribution in [2.75, 3.05) is 11.9 Å². The van der Waals surface area contributed by atoms with Crippen molar-refractivity contribution in [1.29, 1.82) is 0 Å². The largest absolute Gasteiger partial charge is 0.416 e. The fourth-order valence-corrected chi connectivity index (χ4v) is 2.02. The monoisotopic (exact) mass is 348 g/mol. The number of rotatable bonds is 5. The maximum absolute atomic E-state index is 12.7. The zero-order chi connectivity index (χ0) is 18.4. The van der Waals surface area contributed by atoms with Gasteiger partial charge in [0.05, 0.1) is 5.56 Å². The number of amides is 2. The molecule has 2 amide bonds. The van der Waals surface area contributed by atoms with Crippen molar-refractivity contribution in [3.05, 3.63) is 77.9 Å². The van der Waals surface area contributed by atoms with Crippen molar-refractivity contribution in [2.45, 2.75) is 6.18 Å². The number of hydrogen-bond acceptors (Lipinski definition) is 2. The molecule has 0 radical (unpaired) electrons. The molecule has 7 heteroatoms. The second-order valence-corrected chi connectivity index (χ2v) is 5.11. The van der Waals surface area contributed by atoms with Gasteiger partial charge in [0.2, 0.25) is 0 Å². The van der Waals surface area contributed by atoms with Gasteiger partial charge in [0.25, 0.3) is 11.8 Å². The summed E-state index contributed by atoms with van der Waals surface area (Å²) in [5, 5.41) is 4.99. The van der Waals surface area contributed by atoms with Crippen LogP contribution < -0.4 is 10.6 Å². The zero-order valence-electron chi connectivity index (χ0n) is 13.1. The van der Waals surface area contributed by atoms with E-state index in [4.69, 9.17) is 0 Å². The number of carbonyl (C=O) groups excluding carboxylic acids is 2. The molecule has 2 N–H and O–H groups in total.